The van der Waals surface area contributed by atoms with E-state index in [1.165, 1.54) is 19.4 Å². The Bertz CT molecular complexity index is 2230. The molecule has 0 radical (unpaired) electrons. The number of rotatable bonds is 22. The molecule has 2 heterocycles. The van der Waals surface area contributed by atoms with Gasteiger partial charge >= 0.3 is 0 Å². The van der Waals surface area contributed by atoms with Crippen LogP contribution in [0.1, 0.15) is 84.6 Å². The van der Waals surface area contributed by atoms with E-state index < -0.39 is 53.7 Å². The lowest BCUT2D eigenvalue weighted by Crippen LogP contribution is -2.49. The second kappa shape index (κ2) is 21.1. The fourth-order valence-corrected chi connectivity index (χ4v) is 7.36. The molecule has 5 aromatic rings. The molecular formula is C46H57N7O7. The minimum absolute atomic E-state index is 0.0183. The van der Waals surface area contributed by atoms with Crippen LogP contribution in [-0.4, -0.2) is 78.8 Å². The molecule has 0 fully saturated rings. The number of imidazole rings is 1. The van der Waals surface area contributed by atoms with E-state index in [1.54, 1.807) is 49.5 Å². The number of ketones is 3. The van der Waals surface area contributed by atoms with Crippen molar-refractivity contribution >= 4 is 34.0 Å². The Morgan fingerprint density at radius 3 is 2.27 bits per heavy atom. The van der Waals surface area contributed by atoms with Gasteiger partial charge in [0.05, 0.1) is 59.9 Å². The van der Waals surface area contributed by atoms with Gasteiger partial charge in [0.2, 0.25) is 5.91 Å². The van der Waals surface area contributed by atoms with Crippen molar-refractivity contribution < 1.29 is 34.1 Å². The molecular weight excluding hydrogens is 763 g/mol. The predicted molar refractivity (Wildman–Crippen MR) is 229 cm³/mol. The second-order valence-corrected chi connectivity index (χ2v) is 15.8. The fraction of sp³-hybridized carbons (Fsp3) is 0.391. The van der Waals surface area contributed by atoms with Crippen LogP contribution < -0.4 is 27.3 Å². The summed E-state index contributed by atoms with van der Waals surface area (Å²) >= 11 is 0. The highest BCUT2D eigenvalue weighted by Gasteiger charge is 2.38. The molecule has 0 spiro atoms. The zero-order valence-electron chi connectivity index (χ0n) is 34.6. The number of aromatic amines is 1. The average Bonchev–Trinajstić information content (AvgIpc) is 3.76. The molecule has 0 aliphatic carbocycles. The van der Waals surface area contributed by atoms with Crippen molar-refractivity contribution in [3.05, 3.63) is 120 Å². The lowest BCUT2D eigenvalue weighted by Gasteiger charge is -2.31. The van der Waals surface area contributed by atoms with Gasteiger partial charge in [0.1, 0.15) is 11.5 Å². The molecule has 5 unspecified atom stereocenters. The van der Waals surface area contributed by atoms with Crippen LogP contribution in [-0.2, 0) is 29.0 Å². The summed E-state index contributed by atoms with van der Waals surface area (Å²) < 4.78 is 6.58. The van der Waals surface area contributed by atoms with E-state index in [4.69, 9.17) is 21.9 Å². The number of pyridine rings is 1. The third-order valence-corrected chi connectivity index (χ3v) is 11.1. The lowest BCUT2D eigenvalue weighted by atomic mass is 9.81. The Balaban J connectivity index is 1.50. The van der Waals surface area contributed by atoms with E-state index in [1.807, 2.05) is 50.2 Å². The average molecular weight is 820 g/mol. The normalized spacial score (nSPS) is 15.6. The third kappa shape index (κ3) is 11.3. The fourth-order valence-electron chi connectivity index (χ4n) is 7.36. The van der Waals surface area contributed by atoms with Crippen molar-refractivity contribution in [2.45, 2.75) is 96.7 Å². The number of amides is 1. The molecule has 8 atom stereocenters. The van der Waals surface area contributed by atoms with E-state index in [0.29, 0.717) is 23.1 Å². The molecule has 2 aromatic heterocycles. The number of carbonyl (C=O) groups is 4. The topological polar surface area (TPSA) is 250 Å². The quantitative estimate of drug-likeness (QED) is 0.0474. The number of aromatic nitrogens is 3. The van der Waals surface area contributed by atoms with Crippen molar-refractivity contribution in [3.63, 3.8) is 0 Å². The maximum atomic E-state index is 15.0. The van der Waals surface area contributed by atoms with Gasteiger partial charge in [-0.15, -0.1) is 0 Å². The maximum absolute atomic E-state index is 15.0. The van der Waals surface area contributed by atoms with Crippen molar-refractivity contribution in [2.24, 2.45) is 35.0 Å². The van der Waals surface area contributed by atoms with E-state index in [0.717, 1.165) is 11.1 Å². The zero-order valence-corrected chi connectivity index (χ0v) is 34.6. The molecule has 0 aliphatic rings. The smallest absolute Gasteiger partial charge is 0.237 e. The monoisotopic (exact) mass is 819 g/mol. The first-order valence-electron chi connectivity index (χ1n) is 20.4. The summed E-state index contributed by atoms with van der Waals surface area (Å²) in [5, 5.41) is 27.9. The van der Waals surface area contributed by atoms with Gasteiger partial charge in [0.15, 0.2) is 17.3 Å². The van der Waals surface area contributed by atoms with Crippen molar-refractivity contribution in [2.75, 3.05) is 0 Å². The van der Waals surface area contributed by atoms with E-state index in [9.17, 15) is 24.6 Å². The number of hydrogen-bond donors (Lipinski definition) is 7. The molecule has 3 aromatic carbocycles. The number of carbonyl (C=O) groups excluding carboxylic acids is 4. The molecule has 318 valence electrons. The van der Waals surface area contributed by atoms with Gasteiger partial charge in [-0.2, -0.15) is 0 Å². The Morgan fingerprint density at radius 2 is 1.58 bits per heavy atom. The van der Waals surface area contributed by atoms with E-state index in [2.05, 4.69) is 20.3 Å². The molecule has 10 N–H and O–H groups in total. The lowest BCUT2D eigenvalue weighted by molar-refractivity contribution is -0.123. The highest BCUT2D eigenvalue weighted by atomic mass is 16.5. The summed E-state index contributed by atoms with van der Waals surface area (Å²) in [6.45, 7) is 6.73. The van der Waals surface area contributed by atoms with Crippen LogP contribution in [0.15, 0.2) is 91.5 Å². The van der Waals surface area contributed by atoms with Crippen LogP contribution in [0, 0.1) is 17.8 Å². The maximum Gasteiger partial charge on any atom is 0.237 e. The number of Topliss-reactive ketones (excluding diaryl/α,β-unsaturated/α-hetero) is 3. The summed E-state index contributed by atoms with van der Waals surface area (Å²) in [4.78, 5) is 66.1. The Hall–Kier alpha value is -5.64. The first-order chi connectivity index (χ1) is 28.7. The molecule has 60 heavy (non-hydrogen) atoms. The summed E-state index contributed by atoms with van der Waals surface area (Å²) in [5.74, 6) is -3.26. The highest BCUT2D eigenvalue weighted by Crippen LogP contribution is 2.37. The number of nitrogens with zero attached hydrogens (tertiary/aromatic N) is 2. The number of nitrogens with two attached hydrogens (primary N) is 3. The Labute approximate surface area is 350 Å². The SMILES string of the molecule is CC[C@@H](C)[C@H](N)C(=O)NCc1ncc(C(=O)C(Cc2ccccc2)C(O)C(O)C(N)CC(C)CC(=O)[C@@H](N)Cc2cnc[nH]2)c(Oc2cccc3ccccc23)c1C(C)=O. The zero-order chi connectivity index (χ0) is 43.5. The van der Waals surface area contributed by atoms with Gasteiger partial charge in [-0.1, -0.05) is 93.9 Å². The van der Waals surface area contributed by atoms with E-state index >= 15 is 4.79 Å². The van der Waals surface area contributed by atoms with Gasteiger partial charge < -0.3 is 42.5 Å². The highest BCUT2D eigenvalue weighted by molar-refractivity contribution is 6.06. The first kappa shape index (κ1) is 45.4. The minimum Gasteiger partial charge on any atom is -0.455 e. The number of nitrogens with one attached hydrogen (secondary N) is 2. The van der Waals surface area contributed by atoms with Crippen LogP contribution in [0.2, 0.25) is 0 Å². The van der Waals surface area contributed by atoms with Crippen LogP contribution in [0.3, 0.4) is 0 Å². The predicted octanol–water partition coefficient (Wildman–Crippen LogP) is 4.59. The number of aliphatic hydroxyl groups excluding tert-OH is 2. The molecule has 0 aliphatic heterocycles. The molecule has 14 heteroatoms. The van der Waals surface area contributed by atoms with Crippen molar-refractivity contribution in [1.82, 2.24) is 20.3 Å². The number of hydrogen-bond acceptors (Lipinski definition) is 12. The number of aliphatic hydroxyl groups is 2. The van der Waals surface area contributed by atoms with Crippen molar-refractivity contribution in [1.29, 1.82) is 0 Å². The number of H-pyrrole nitrogens is 1. The molecule has 0 saturated carbocycles. The van der Waals surface area contributed by atoms with Gasteiger partial charge in [-0.3, -0.25) is 24.2 Å². The van der Waals surface area contributed by atoms with Gasteiger partial charge in [0.25, 0.3) is 0 Å². The van der Waals surface area contributed by atoms with E-state index in [-0.39, 0.29) is 72.4 Å². The number of fused-ring (bicyclic) bond motifs is 1. The molecule has 0 saturated heterocycles. The largest absolute Gasteiger partial charge is 0.455 e. The summed E-state index contributed by atoms with van der Waals surface area (Å²) in [6.07, 6.45) is 2.25. The van der Waals surface area contributed by atoms with Crippen molar-refractivity contribution in [3.8, 4) is 11.5 Å². The summed E-state index contributed by atoms with van der Waals surface area (Å²) in [6, 6.07) is 19.2. The van der Waals surface area contributed by atoms with Gasteiger partial charge in [-0.05, 0) is 48.6 Å². The first-order valence-corrected chi connectivity index (χ1v) is 20.4. The summed E-state index contributed by atoms with van der Waals surface area (Å²) in [7, 11) is 0. The third-order valence-electron chi connectivity index (χ3n) is 11.1. The number of ether oxygens (including phenoxy) is 1. The van der Waals surface area contributed by atoms with Crippen LogP contribution in [0.5, 0.6) is 11.5 Å². The standard InChI is InChI=1S/C46H57N7O7/c1-5-27(3)41(49)46(59)52-24-37-40(28(4)54)45(60-39-17-11-15-30-14-9-10-16-32(30)39)34(23-51-37)42(56)33(20-29-12-7-6-8-13-29)43(57)44(58)36(48)18-26(2)19-38(55)35(47)21-31-22-50-25-53-31/h6-17,22-23,25-27,33,35-36,41,43-44,57-58H,5,18-21,24,47-49H2,1-4H3,(H,50,53)(H,52,59)/t26?,27-,33?,35+,36?,41+,43?,44?/m1/s1. The molecule has 0 bridgehead atoms. The molecule has 5 rings (SSSR count). The second-order valence-electron chi connectivity index (χ2n) is 15.8. The van der Waals surface area contributed by atoms with Crippen LogP contribution in [0.25, 0.3) is 10.8 Å². The molecule has 14 nitrogen and oxygen atoms in total. The Kier molecular flexibility index (Phi) is 15.9. The van der Waals surface area contributed by atoms with Gasteiger partial charge in [0, 0.05) is 42.4 Å². The minimum atomic E-state index is -1.70. The summed E-state index contributed by atoms with van der Waals surface area (Å²) in [5.41, 5.74) is 20.3. The number of benzene rings is 3. The van der Waals surface area contributed by atoms with Gasteiger partial charge in [-0.25, -0.2) is 4.98 Å². The molecule has 1 amide bonds. The van der Waals surface area contributed by atoms with Crippen LogP contribution in [0.4, 0.5) is 0 Å². The van der Waals surface area contributed by atoms with Crippen LogP contribution >= 0.6 is 0 Å². The Morgan fingerprint density at radius 1 is 0.883 bits per heavy atom.